The van der Waals surface area contributed by atoms with Crippen LogP contribution in [0.25, 0.3) is 0 Å². The molecule has 1 N–H and O–H groups in total. The third-order valence-electron chi connectivity index (χ3n) is 6.15. The Kier molecular flexibility index (Phi) is 8.28. The minimum Gasteiger partial charge on any atom is -0.497 e. The number of hydrogen-bond acceptors (Lipinski definition) is 5. The molecule has 0 bridgehead atoms. The summed E-state index contributed by atoms with van der Waals surface area (Å²) < 4.78 is 7.28. The van der Waals surface area contributed by atoms with Crippen LogP contribution >= 0.6 is 0 Å². The fourth-order valence-corrected chi connectivity index (χ4v) is 3.95. The van der Waals surface area contributed by atoms with Gasteiger partial charge in [-0.05, 0) is 50.0 Å². The highest BCUT2D eigenvalue weighted by atomic mass is 16.5. The van der Waals surface area contributed by atoms with E-state index in [1.807, 2.05) is 30.7 Å². The lowest BCUT2D eigenvalue weighted by Gasteiger charge is -2.24. The molecule has 0 aliphatic carbocycles. The number of ether oxygens (including phenoxy) is 1. The SMILES string of the molecule is CCN(CC)CC1CCN(C(=NCc2ccc(OC)cc2)NCc2nnc(C)n2C)C1. The Labute approximate surface area is 186 Å². The molecule has 1 aromatic heterocycles. The van der Waals surface area contributed by atoms with E-state index in [-0.39, 0.29) is 0 Å². The Morgan fingerprint density at radius 3 is 2.58 bits per heavy atom. The van der Waals surface area contributed by atoms with Crippen molar-refractivity contribution >= 4 is 5.96 Å². The third kappa shape index (κ3) is 6.19. The van der Waals surface area contributed by atoms with E-state index in [0.717, 1.165) is 61.6 Å². The molecule has 2 heterocycles. The lowest BCUT2D eigenvalue weighted by Crippen LogP contribution is -2.41. The zero-order valence-corrected chi connectivity index (χ0v) is 19.6. The number of nitrogens with zero attached hydrogens (tertiary/aromatic N) is 6. The van der Waals surface area contributed by atoms with Gasteiger partial charge in [0.25, 0.3) is 0 Å². The minimum absolute atomic E-state index is 0.607. The second-order valence-corrected chi connectivity index (χ2v) is 8.15. The summed E-state index contributed by atoms with van der Waals surface area (Å²) in [7, 11) is 3.68. The Morgan fingerprint density at radius 2 is 1.97 bits per heavy atom. The second-order valence-electron chi connectivity index (χ2n) is 8.15. The topological polar surface area (TPSA) is 70.8 Å². The maximum Gasteiger partial charge on any atom is 0.194 e. The van der Waals surface area contributed by atoms with Crippen molar-refractivity contribution in [2.24, 2.45) is 18.0 Å². The van der Waals surface area contributed by atoms with E-state index in [4.69, 9.17) is 9.73 Å². The average molecular weight is 428 g/mol. The van der Waals surface area contributed by atoms with Gasteiger partial charge in [-0.25, -0.2) is 4.99 Å². The summed E-state index contributed by atoms with van der Waals surface area (Å²) in [5, 5.41) is 12.0. The smallest absolute Gasteiger partial charge is 0.194 e. The number of methoxy groups -OCH3 is 1. The van der Waals surface area contributed by atoms with Crippen molar-refractivity contribution in [2.45, 2.75) is 40.3 Å². The molecule has 1 unspecified atom stereocenters. The standard InChI is InChI=1S/C23H37N7O/c1-6-29(7-2)16-20-12-13-30(17-20)23(25-15-22-27-26-18(3)28(22)4)24-14-19-8-10-21(31-5)11-9-19/h8-11,20H,6-7,12-17H2,1-5H3,(H,24,25). The monoisotopic (exact) mass is 427 g/mol. The number of aromatic nitrogens is 3. The molecular weight excluding hydrogens is 390 g/mol. The van der Waals surface area contributed by atoms with Crippen molar-refractivity contribution in [3.63, 3.8) is 0 Å². The highest BCUT2D eigenvalue weighted by Crippen LogP contribution is 2.18. The van der Waals surface area contributed by atoms with Gasteiger partial charge >= 0.3 is 0 Å². The van der Waals surface area contributed by atoms with Crippen LogP contribution < -0.4 is 10.1 Å². The van der Waals surface area contributed by atoms with Gasteiger partial charge in [-0.15, -0.1) is 10.2 Å². The van der Waals surface area contributed by atoms with Crippen LogP contribution in [0.3, 0.4) is 0 Å². The van der Waals surface area contributed by atoms with Crippen LogP contribution in [0, 0.1) is 12.8 Å². The van der Waals surface area contributed by atoms with E-state index in [1.54, 1.807) is 7.11 Å². The van der Waals surface area contributed by atoms with Gasteiger partial charge in [0.1, 0.15) is 11.6 Å². The largest absolute Gasteiger partial charge is 0.497 e. The maximum absolute atomic E-state index is 5.26. The van der Waals surface area contributed by atoms with Crippen LogP contribution in [0.4, 0.5) is 0 Å². The summed E-state index contributed by atoms with van der Waals surface area (Å²) in [4.78, 5) is 9.86. The summed E-state index contributed by atoms with van der Waals surface area (Å²) in [6.45, 7) is 13.1. The number of aliphatic imine (C=N–C) groups is 1. The highest BCUT2D eigenvalue weighted by Gasteiger charge is 2.26. The molecule has 1 fully saturated rings. The van der Waals surface area contributed by atoms with E-state index in [9.17, 15) is 0 Å². The molecule has 0 amide bonds. The molecule has 3 rings (SSSR count). The first-order valence-corrected chi connectivity index (χ1v) is 11.3. The number of likely N-dealkylation sites (tertiary alicyclic amines) is 1. The van der Waals surface area contributed by atoms with E-state index < -0.39 is 0 Å². The molecule has 1 atom stereocenters. The zero-order valence-electron chi connectivity index (χ0n) is 19.6. The molecule has 0 spiro atoms. The number of nitrogens with one attached hydrogen (secondary N) is 1. The Balaban J connectivity index is 1.69. The lowest BCUT2D eigenvalue weighted by atomic mass is 10.1. The Bertz CT molecular complexity index is 842. The van der Waals surface area contributed by atoms with Crippen LogP contribution in [0.2, 0.25) is 0 Å². The van der Waals surface area contributed by atoms with Crippen molar-refractivity contribution in [1.82, 2.24) is 29.9 Å². The Morgan fingerprint density at radius 1 is 1.23 bits per heavy atom. The minimum atomic E-state index is 0.607. The summed E-state index contributed by atoms with van der Waals surface area (Å²) >= 11 is 0. The molecular formula is C23H37N7O. The third-order valence-corrected chi connectivity index (χ3v) is 6.15. The van der Waals surface area contributed by atoms with Crippen LogP contribution in [-0.2, 0) is 20.1 Å². The molecule has 8 nitrogen and oxygen atoms in total. The van der Waals surface area contributed by atoms with Crippen LogP contribution in [-0.4, -0.2) is 70.4 Å². The number of hydrogen-bond donors (Lipinski definition) is 1. The first-order valence-electron chi connectivity index (χ1n) is 11.3. The van der Waals surface area contributed by atoms with Gasteiger partial charge in [0.15, 0.2) is 11.8 Å². The quantitative estimate of drug-likeness (QED) is 0.490. The van der Waals surface area contributed by atoms with Crippen LogP contribution in [0.1, 0.15) is 37.5 Å². The maximum atomic E-state index is 5.26. The molecule has 1 aliphatic heterocycles. The molecule has 8 heteroatoms. The van der Waals surface area contributed by atoms with Crippen molar-refractivity contribution in [2.75, 3.05) is 39.8 Å². The van der Waals surface area contributed by atoms with E-state index in [1.165, 1.54) is 6.42 Å². The van der Waals surface area contributed by atoms with E-state index >= 15 is 0 Å². The number of guanidine groups is 1. The fourth-order valence-electron chi connectivity index (χ4n) is 3.95. The predicted molar refractivity (Wildman–Crippen MR) is 124 cm³/mol. The van der Waals surface area contributed by atoms with Crippen LogP contribution in [0.15, 0.2) is 29.3 Å². The lowest BCUT2D eigenvalue weighted by molar-refractivity contribution is 0.255. The molecule has 170 valence electrons. The van der Waals surface area contributed by atoms with Crippen molar-refractivity contribution in [3.05, 3.63) is 41.5 Å². The molecule has 0 radical (unpaired) electrons. The van der Waals surface area contributed by atoms with Crippen molar-refractivity contribution < 1.29 is 4.74 Å². The van der Waals surface area contributed by atoms with Gasteiger partial charge in [-0.1, -0.05) is 26.0 Å². The summed E-state index contributed by atoms with van der Waals surface area (Å²) in [5.41, 5.74) is 1.16. The molecule has 1 aromatic carbocycles. The molecule has 1 aliphatic rings. The average Bonchev–Trinajstić information content (AvgIpc) is 3.39. The molecule has 2 aromatic rings. The molecule has 0 saturated carbocycles. The Hall–Kier alpha value is -2.61. The summed E-state index contributed by atoms with van der Waals surface area (Å²) in [5.74, 6) is 4.30. The normalized spacial score (nSPS) is 16.9. The van der Waals surface area contributed by atoms with Gasteiger partial charge in [0, 0.05) is 26.7 Å². The highest BCUT2D eigenvalue weighted by molar-refractivity contribution is 5.80. The van der Waals surface area contributed by atoms with E-state index in [0.29, 0.717) is 19.0 Å². The van der Waals surface area contributed by atoms with Crippen molar-refractivity contribution in [3.8, 4) is 5.75 Å². The summed E-state index contributed by atoms with van der Waals surface area (Å²) in [6, 6.07) is 8.10. The van der Waals surface area contributed by atoms with Gasteiger partial charge in [0.05, 0.1) is 20.2 Å². The fraction of sp³-hybridized carbons (Fsp3) is 0.609. The first kappa shape index (κ1) is 23.1. The molecule has 31 heavy (non-hydrogen) atoms. The van der Waals surface area contributed by atoms with Gasteiger partial charge in [0.2, 0.25) is 0 Å². The number of rotatable bonds is 9. The van der Waals surface area contributed by atoms with Crippen LogP contribution in [0.5, 0.6) is 5.75 Å². The number of aryl methyl sites for hydroxylation is 1. The number of benzene rings is 1. The van der Waals surface area contributed by atoms with Gasteiger partial charge in [-0.2, -0.15) is 0 Å². The second kappa shape index (κ2) is 11.1. The van der Waals surface area contributed by atoms with E-state index in [2.05, 4.69) is 51.3 Å². The molecule has 1 saturated heterocycles. The van der Waals surface area contributed by atoms with Crippen molar-refractivity contribution in [1.29, 1.82) is 0 Å². The predicted octanol–water partition coefficient (Wildman–Crippen LogP) is 2.44. The van der Waals surface area contributed by atoms with Gasteiger partial charge in [-0.3, -0.25) is 0 Å². The first-order chi connectivity index (χ1) is 15.0. The van der Waals surface area contributed by atoms with Gasteiger partial charge < -0.3 is 24.4 Å². The summed E-state index contributed by atoms with van der Waals surface area (Å²) in [6.07, 6.45) is 1.20. The zero-order chi connectivity index (χ0) is 22.2.